The average molecular weight is 441 g/mol. The molecule has 0 aliphatic heterocycles. The molecule has 0 saturated heterocycles. The zero-order chi connectivity index (χ0) is 22.8. The Hall–Kier alpha value is -3.27. The number of hydrogen-bond donors (Lipinski definition) is 2. The molecular formula is C29H32N2O2. The second-order valence-electron chi connectivity index (χ2n) is 9.59. The van der Waals surface area contributed by atoms with Crippen LogP contribution < -0.4 is 15.4 Å². The van der Waals surface area contributed by atoms with E-state index in [9.17, 15) is 4.79 Å². The first-order valence-electron chi connectivity index (χ1n) is 12.1. The highest BCUT2D eigenvalue weighted by Crippen LogP contribution is 2.47. The van der Waals surface area contributed by atoms with Crippen LogP contribution in [0.15, 0.2) is 66.7 Å². The number of nitrogens with one attached hydrogen (secondary N) is 2. The molecule has 4 heteroatoms. The molecule has 1 amide bonds. The summed E-state index contributed by atoms with van der Waals surface area (Å²) >= 11 is 0. The van der Waals surface area contributed by atoms with Crippen molar-refractivity contribution in [3.8, 4) is 5.75 Å². The van der Waals surface area contributed by atoms with Crippen LogP contribution in [-0.2, 0) is 6.61 Å². The van der Waals surface area contributed by atoms with Crippen LogP contribution in [0.25, 0.3) is 0 Å². The van der Waals surface area contributed by atoms with Crippen molar-refractivity contribution < 1.29 is 9.53 Å². The van der Waals surface area contributed by atoms with Gasteiger partial charge < -0.3 is 15.4 Å². The van der Waals surface area contributed by atoms with Crippen molar-refractivity contribution in [2.75, 3.05) is 5.32 Å². The zero-order valence-corrected chi connectivity index (χ0v) is 19.4. The zero-order valence-electron chi connectivity index (χ0n) is 19.4. The molecule has 2 aliphatic carbocycles. The SMILES string of the molecule is CC(C)NC(=O)c1c(Nc2ccc(OCc3ccccc3)cc2C2CC2)cccc1C1CC1. The Kier molecular flexibility index (Phi) is 6.08. The maximum atomic E-state index is 13.2. The minimum Gasteiger partial charge on any atom is -0.489 e. The van der Waals surface area contributed by atoms with E-state index in [4.69, 9.17) is 4.74 Å². The Balaban J connectivity index is 1.42. The van der Waals surface area contributed by atoms with Crippen LogP contribution >= 0.6 is 0 Å². The van der Waals surface area contributed by atoms with Gasteiger partial charge in [0.2, 0.25) is 0 Å². The molecule has 2 fully saturated rings. The molecule has 0 atom stereocenters. The fourth-order valence-electron chi connectivity index (χ4n) is 4.36. The summed E-state index contributed by atoms with van der Waals surface area (Å²) < 4.78 is 6.09. The molecule has 0 aromatic heterocycles. The Morgan fingerprint density at radius 1 is 0.879 bits per heavy atom. The Bertz CT molecular complexity index is 1130. The van der Waals surface area contributed by atoms with E-state index in [-0.39, 0.29) is 11.9 Å². The number of benzene rings is 3. The highest BCUT2D eigenvalue weighted by Gasteiger charge is 2.31. The molecule has 0 unspecified atom stereocenters. The van der Waals surface area contributed by atoms with Gasteiger partial charge in [0.25, 0.3) is 5.91 Å². The van der Waals surface area contributed by atoms with E-state index >= 15 is 0 Å². The van der Waals surface area contributed by atoms with E-state index in [1.165, 1.54) is 18.4 Å². The van der Waals surface area contributed by atoms with Crippen molar-refractivity contribution in [1.29, 1.82) is 0 Å². The van der Waals surface area contributed by atoms with Crippen LogP contribution in [0.3, 0.4) is 0 Å². The maximum absolute atomic E-state index is 13.2. The minimum atomic E-state index is 0.00536. The molecule has 4 nitrogen and oxygen atoms in total. The van der Waals surface area contributed by atoms with Crippen molar-refractivity contribution in [2.24, 2.45) is 0 Å². The van der Waals surface area contributed by atoms with Crippen molar-refractivity contribution in [1.82, 2.24) is 5.32 Å². The first kappa shape index (κ1) is 21.6. The maximum Gasteiger partial charge on any atom is 0.253 e. The van der Waals surface area contributed by atoms with Gasteiger partial charge in [0, 0.05) is 11.7 Å². The van der Waals surface area contributed by atoms with E-state index < -0.39 is 0 Å². The molecule has 2 aliphatic rings. The number of ether oxygens (including phenoxy) is 1. The van der Waals surface area contributed by atoms with Crippen molar-refractivity contribution in [2.45, 2.75) is 64.0 Å². The minimum absolute atomic E-state index is 0.00536. The van der Waals surface area contributed by atoms with Gasteiger partial charge in [-0.05, 0) is 92.3 Å². The summed E-state index contributed by atoms with van der Waals surface area (Å²) in [6.45, 7) is 4.56. The lowest BCUT2D eigenvalue weighted by Crippen LogP contribution is -2.31. The number of carbonyl (C=O) groups excluding carboxylic acids is 1. The second-order valence-corrected chi connectivity index (χ2v) is 9.59. The summed E-state index contributed by atoms with van der Waals surface area (Å²) in [6.07, 6.45) is 4.71. The predicted octanol–water partition coefficient (Wildman–Crippen LogP) is 6.90. The van der Waals surface area contributed by atoms with Gasteiger partial charge in [-0.1, -0.05) is 42.5 Å². The Labute approximate surface area is 196 Å². The average Bonchev–Trinajstić information content (AvgIpc) is 3.71. The van der Waals surface area contributed by atoms with E-state index in [0.717, 1.165) is 46.7 Å². The van der Waals surface area contributed by atoms with Gasteiger partial charge in [0.1, 0.15) is 12.4 Å². The van der Waals surface area contributed by atoms with Crippen LogP contribution in [0.5, 0.6) is 5.75 Å². The lowest BCUT2D eigenvalue weighted by Gasteiger charge is -2.19. The molecule has 170 valence electrons. The molecule has 0 bridgehead atoms. The molecule has 2 N–H and O–H groups in total. The molecule has 2 saturated carbocycles. The molecule has 33 heavy (non-hydrogen) atoms. The topological polar surface area (TPSA) is 50.4 Å². The predicted molar refractivity (Wildman–Crippen MR) is 133 cm³/mol. The van der Waals surface area contributed by atoms with Gasteiger partial charge in [-0.3, -0.25) is 4.79 Å². The molecule has 0 spiro atoms. The fraction of sp³-hybridized carbons (Fsp3) is 0.345. The third-order valence-corrected chi connectivity index (χ3v) is 6.32. The third kappa shape index (κ3) is 5.22. The number of amides is 1. The third-order valence-electron chi connectivity index (χ3n) is 6.32. The van der Waals surface area contributed by atoms with Crippen LogP contribution in [0.1, 0.15) is 78.4 Å². The summed E-state index contributed by atoms with van der Waals surface area (Å²) in [5.41, 5.74) is 6.33. The van der Waals surface area contributed by atoms with Gasteiger partial charge >= 0.3 is 0 Å². The molecule has 0 radical (unpaired) electrons. The van der Waals surface area contributed by atoms with Gasteiger partial charge in [0.05, 0.1) is 11.3 Å². The first-order chi connectivity index (χ1) is 16.1. The molecule has 0 heterocycles. The summed E-state index contributed by atoms with van der Waals surface area (Å²) in [7, 11) is 0. The number of carbonyl (C=O) groups is 1. The van der Waals surface area contributed by atoms with E-state index in [1.54, 1.807) is 0 Å². The largest absolute Gasteiger partial charge is 0.489 e. The summed E-state index contributed by atoms with van der Waals surface area (Å²) in [5.74, 6) is 1.94. The molecular weight excluding hydrogens is 408 g/mol. The normalized spacial score (nSPS) is 15.4. The van der Waals surface area contributed by atoms with Gasteiger partial charge in [0.15, 0.2) is 0 Å². The number of anilines is 2. The Morgan fingerprint density at radius 2 is 1.61 bits per heavy atom. The highest BCUT2D eigenvalue weighted by atomic mass is 16.5. The van der Waals surface area contributed by atoms with E-state index in [2.05, 4.69) is 47.0 Å². The van der Waals surface area contributed by atoms with Gasteiger partial charge in [-0.2, -0.15) is 0 Å². The monoisotopic (exact) mass is 440 g/mol. The number of hydrogen-bond acceptors (Lipinski definition) is 3. The van der Waals surface area contributed by atoms with Crippen LogP contribution in [0.4, 0.5) is 11.4 Å². The summed E-state index contributed by atoms with van der Waals surface area (Å²) in [6, 6.07) is 22.8. The molecule has 3 aromatic carbocycles. The van der Waals surface area contributed by atoms with E-state index in [0.29, 0.717) is 18.4 Å². The van der Waals surface area contributed by atoms with Crippen LogP contribution in [-0.4, -0.2) is 11.9 Å². The van der Waals surface area contributed by atoms with Crippen molar-refractivity contribution in [3.05, 3.63) is 89.0 Å². The van der Waals surface area contributed by atoms with Gasteiger partial charge in [-0.15, -0.1) is 0 Å². The standard InChI is InChI=1S/C29H32N2O2/c1-19(2)30-29(32)28-24(21-11-12-21)9-6-10-27(28)31-26-16-15-23(17-25(26)22-13-14-22)33-18-20-7-4-3-5-8-20/h3-10,15-17,19,21-22,31H,11-14,18H2,1-2H3,(H,30,32). The second kappa shape index (κ2) is 9.30. The smallest absolute Gasteiger partial charge is 0.253 e. The Morgan fingerprint density at radius 3 is 2.30 bits per heavy atom. The van der Waals surface area contributed by atoms with Crippen LogP contribution in [0.2, 0.25) is 0 Å². The molecule has 3 aromatic rings. The number of rotatable bonds is 9. The van der Waals surface area contributed by atoms with Crippen molar-refractivity contribution in [3.63, 3.8) is 0 Å². The quantitative estimate of drug-likeness (QED) is 0.380. The molecule has 5 rings (SSSR count). The lowest BCUT2D eigenvalue weighted by molar-refractivity contribution is 0.0943. The van der Waals surface area contributed by atoms with Crippen molar-refractivity contribution >= 4 is 17.3 Å². The lowest BCUT2D eigenvalue weighted by atomic mass is 9.99. The van der Waals surface area contributed by atoms with Crippen LogP contribution in [0, 0.1) is 0 Å². The summed E-state index contributed by atoms with van der Waals surface area (Å²) in [5, 5.41) is 6.72. The van der Waals surface area contributed by atoms with E-state index in [1.807, 2.05) is 44.2 Å². The first-order valence-corrected chi connectivity index (χ1v) is 12.1. The van der Waals surface area contributed by atoms with Gasteiger partial charge in [-0.25, -0.2) is 0 Å². The summed E-state index contributed by atoms with van der Waals surface area (Å²) in [4.78, 5) is 13.2. The highest BCUT2D eigenvalue weighted by molar-refractivity contribution is 6.02. The fourth-order valence-corrected chi connectivity index (χ4v) is 4.36.